The summed E-state index contributed by atoms with van der Waals surface area (Å²) in [6.45, 7) is 4.19. The maximum Gasteiger partial charge on any atom is 0.244 e. The van der Waals surface area contributed by atoms with Crippen LogP contribution in [0.4, 0.5) is 11.4 Å². The summed E-state index contributed by atoms with van der Waals surface area (Å²) in [6, 6.07) is 11.4. The van der Waals surface area contributed by atoms with Crippen LogP contribution in [0.25, 0.3) is 0 Å². The number of carbonyl (C=O) groups excluding carboxylic acids is 1. The third-order valence-corrected chi connectivity index (χ3v) is 6.41. The van der Waals surface area contributed by atoms with Gasteiger partial charge in [-0.15, -0.1) is 0 Å². The summed E-state index contributed by atoms with van der Waals surface area (Å²) in [5, 5.41) is 2.83. The highest BCUT2D eigenvalue weighted by Gasteiger charge is 2.24. The molecule has 0 spiro atoms. The molecule has 0 heterocycles. The van der Waals surface area contributed by atoms with Crippen LogP contribution >= 0.6 is 11.6 Å². The van der Waals surface area contributed by atoms with Crippen LogP contribution in [-0.4, -0.2) is 31.7 Å². The number of benzene rings is 2. The number of sulfonamides is 1. The monoisotopic (exact) mass is 395 g/mol. The van der Waals surface area contributed by atoms with Crippen LogP contribution in [0.5, 0.6) is 0 Å². The van der Waals surface area contributed by atoms with Crippen molar-refractivity contribution >= 4 is 38.9 Å². The number of nitrogen functional groups attached to an aromatic ring is 1. The van der Waals surface area contributed by atoms with Gasteiger partial charge in [0.1, 0.15) is 4.90 Å². The Bertz CT molecular complexity index is 879. The van der Waals surface area contributed by atoms with Crippen LogP contribution in [0, 0.1) is 0 Å². The number of nitrogens with one attached hydrogen (secondary N) is 1. The zero-order valence-corrected chi connectivity index (χ0v) is 16.3. The van der Waals surface area contributed by atoms with Gasteiger partial charge < -0.3 is 11.1 Å². The number of rotatable bonds is 7. The molecule has 2 rings (SSSR count). The molecule has 0 aliphatic carbocycles. The molecule has 0 saturated heterocycles. The standard InChI is InChI=1S/C18H22ClN3O3S/c1-3-22(4-2)26(24,25)17-12-15(9-10-16(17)19)21-18(23)11-13-5-7-14(20)8-6-13/h5-10,12H,3-4,11,20H2,1-2H3,(H,21,23). The van der Waals surface area contributed by atoms with E-state index in [0.717, 1.165) is 5.56 Å². The van der Waals surface area contributed by atoms with E-state index in [1.807, 2.05) is 0 Å². The van der Waals surface area contributed by atoms with Crippen LogP contribution < -0.4 is 11.1 Å². The Balaban J connectivity index is 2.21. The maximum atomic E-state index is 12.7. The van der Waals surface area contributed by atoms with E-state index in [1.54, 1.807) is 44.2 Å². The lowest BCUT2D eigenvalue weighted by Crippen LogP contribution is -2.30. The van der Waals surface area contributed by atoms with Crippen LogP contribution in [0.15, 0.2) is 47.4 Å². The smallest absolute Gasteiger partial charge is 0.244 e. The molecule has 0 saturated carbocycles. The van der Waals surface area contributed by atoms with Gasteiger partial charge >= 0.3 is 0 Å². The first-order valence-corrected chi connectivity index (χ1v) is 10.0. The minimum Gasteiger partial charge on any atom is -0.399 e. The maximum absolute atomic E-state index is 12.7. The molecule has 8 heteroatoms. The lowest BCUT2D eigenvalue weighted by atomic mass is 10.1. The van der Waals surface area contributed by atoms with Gasteiger partial charge in [-0.3, -0.25) is 4.79 Å². The van der Waals surface area contributed by atoms with Crippen LogP contribution in [0.2, 0.25) is 5.02 Å². The van der Waals surface area contributed by atoms with Gasteiger partial charge in [0.05, 0.1) is 11.4 Å². The number of nitrogens with zero attached hydrogens (tertiary/aromatic N) is 1. The Kier molecular flexibility index (Phi) is 6.63. The summed E-state index contributed by atoms with van der Waals surface area (Å²) < 4.78 is 26.7. The van der Waals surface area contributed by atoms with Gasteiger partial charge in [0.25, 0.3) is 0 Å². The van der Waals surface area contributed by atoms with Crippen LogP contribution in [0.1, 0.15) is 19.4 Å². The van der Waals surface area contributed by atoms with Crippen molar-refractivity contribution in [2.45, 2.75) is 25.2 Å². The number of hydrogen-bond donors (Lipinski definition) is 2. The van der Waals surface area contributed by atoms with E-state index in [2.05, 4.69) is 5.32 Å². The Morgan fingerprint density at radius 3 is 2.31 bits per heavy atom. The summed E-state index contributed by atoms with van der Waals surface area (Å²) in [7, 11) is -3.72. The molecule has 3 N–H and O–H groups in total. The quantitative estimate of drug-likeness (QED) is 0.704. The lowest BCUT2D eigenvalue weighted by molar-refractivity contribution is -0.115. The minimum atomic E-state index is -3.72. The van der Waals surface area contributed by atoms with Gasteiger partial charge in [0.15, 0.2) is 0 Å². The highest BCUT2D eigenvalue weighted by atomic mass is 35.5. The molecule has 0 fully saturated rings. The molecule has 0 aromatic heterocycles. The molecule has 26 heavy (non-hydrogen) atoms. The lowest BCUT2D eigenvalue weighted by Gasteiger charge is -2.19. The summed E-state index contributed by atoms with van der Waals surface area (Å²) in [6.07, 6.45) is 0.154. The highest BCUT2D eigenvalue weighted by Crippen LogP contribution is 2.27. The number of amides is 1. The van der Waals surface area contributed by atoms with E-state index in [4.69, 9.17) is 17.3 Å². The molecule has 0 unspecified atom stereocenters. The van der Waals surface area contributed by atoms with Gasteiger partial charge in [-0.1, -0.05) is 37.6 Å². The second-order valence-electron chi connectivity index (χ2n) is 5.70. The van der Waals surface area contributed by atoms with Crippen molar-refractivity contribution in [1.82, 2.24) is 4.31 Å². The summed E-state index contributed by atoms with van der Waals surface area (Å²) in [5.41, 5.74) is 7.43. The molecule has 0 atom stereocenters. The molecule has 2 aromatic rings. The first kappa shape index (κ1) is 20.2. The van der Waals surface area contributed by atoms with Gasteiger partial charge in [-0.25, -0.2) is 8.42 Å². The van der Waals surface area contributed by atoms with Crippen molar-refractivity contribution in [1.29, 1.82) is 0 Å². The van der Waals surface area contributed by atoms with Crippen molar-refractivity contribution in [2.75, 3.05) is 24.1 Å². The van der Waals surface area contributed by atoms with Gasteiger partial charge in [0, 0.05) is 24.5 Å². The molecule has 0 bridgehead atoms. The molecule has 1 amide bonds. The SMILES string of the molecule is CCN(CC)S(=O)(=O)c1cc(NC(=O)Cc2ccc(N)cc2)ccc1Cl. The summed E-state index contributed by atoms with van der Waals surface area (Å²) in [4.78, 5) is 12.2. The molecule has 140 valence electrons. The van der Waals surface area contributed by atoms with Crippen molar-refractivity contribution in [3.05, 3.63) is 53.1 Å². The van der Waals surface area contributed by atoms with E-state index in [9.17, 15) is 13.2 Å². The van der Waals surface area contributed by atoms with Crippen LogP contribution in [-0.2, 0) is 21.2 Å². The summed E-state index contributed by atoms with van der Waals surface area (Å²) in [5.74, 6) is -0.261. The first-order valence-electron chi connectivity index (χ1n) is 8.21. The number of halogens is 1. The number of carbonyl (C=O) groups is 1. The van der Waals surface area contributed by atoms with Crippen molar-refractivity contribution in [2.24, 2.45) is 0 Å². The summed E-state index contributed by atoms with van der Waals surface area (Å²) >= 11 is 6.09. The Morgan fingerprint density at radius 2 is 1.73 bits per heavy atom. The van der Waals surface area contributed by atoms with E-state index in [-0.39, 0.29) is 22.2 Å². The zero-order valence-electron chi connectivity index (χ0n) is 14.7. The van der Waals surface area contributed by atoms with E-state index < -0.39 is 10.0 Å². The fourth-order valence-electron chi connectivity index (χ4n) is 2.51. The predicted molar refractivity (Wildman–Crippen MR) is 105 cm³/mol. The molecule has 0 aliphatic heterocycles. The van der Waals surface area contributed by atoms with E-state index >= 15 is 0 Å². The molecule has 6 nitrogen and oxygen atoms in total. The fourth-order valence-corrected chi connectivity index (χ4v) is 4.47. The Labute approximate surface area is 159 Å². The molecule has 0 radical (unpaired) electrons. The number of nitrogens with two attached hydrogens (primary N) is 1. The molecule has 2 aromatic carbocycles. The average molecular weight is 396 g/mol. The average Bonchev–Trinajstić information content (AvgIpc) is 2.59. The number of hydrogen-bond acceptors (Lipinski definition) is 4. The second kappa shape index (κ2) is 8.53. The zero-order chi connectivity index (χ0) is 19.3. The van der Waals surface area contributed by atoms with Crippen molar-refractivity contribution < 1.29 is 13.2 Å². The largest absolute Gasteiger partial charge is 0.399 e. The van der Waals surface area contributed by atoms with Gasteiger partial charge in [-0.2, -0.15) is 4.31 Å². The van der Waals surface area contributed by atoms with Crippen LogP contribution in [0.3, 0.4) is 0 Å². The molecular formula is C18H22ClN3O3S. The third-order valence-electron chi connectivity index (χ3n) is 3.88. The van der Waals surface area contributed by atoms with Gasteiger partial charge in [-0.05, 0) is 35.9 Å². The fraction of sp³-hybridized carbons (Fsp3) is 0.278. The number of anilines is 2. The normalized spacial score (nSPS) is 11.5. The third kappa shape index (κ3) is 4.75. The van der Waals surface area contributed by atoms with Crippen molar-refractivity contribution in [3.8, 4) is 0 Å². The topological polar surface area (TPSA) is 92.5 Å². The van der Waals surface area contributed by atoms with E-state index in [0.29, 0.717) is 24.5 Å². The Morgan fingerprint density at radius 1 is 1.12 bits per heavy atom. The minimum absolute atomic E-state index is 0.0202. The predicted octanol–water partition coefficient (Wildman–Crippen LogP) is 3.13. The Hall–Kier alpha value is -2.09. The second-order valence-corrected chi connectivity index (χ2v) is 8.01. The van der Waals surface area contributed by atoms with E-state index in [1.165, 1.54) is 16.4 Å². The van der Waals surface area contributed by atoms with Gasteiger partial charge in [0.2, 0.25) is 15.9 Å². The first-order chi connectivity index (χ1) is 12.3. The van der Waals surface area contributed by atoms with Crippen molar-refractivity contribution in [3.63, 3.8) is 0 Å². The molecular weight excluding hydrogens is 374 g/mol. The highest BCUT2D eigenvalue weighted by molar-refractivity contribution is 7.89. The molecule has 0 aliphatic rings.